The van der Waals surface area contributed by atoms with Gasteiger partial charge in [0, 0.05) is 25.9 Å². The van der Waals surface area contributed by atoms with Crippen molar-refractivity contribution in [2.45, 2.75) is 38.8 Å². The lowest BCUT2D eigenvalue weighted by molar-refractivity contribution is -0.141. The monoisotopic (exact) mass is 462 g/mol. The lowest BCUT2D eigenvalue weighted by Crippen LogP contribution is -2.50. The molecule has 3 aromatic carbocycles. The molecule has 0 aliphatic heterocycles. The molecular formula is C28H31FN2O3. The van der Waals surface area contributed by atoms with Crippen LogP contribution in [0, 0.1) is 5.82 Å². The van der Waals surface area contributed by atoms with Crippen molar-refractivity contribution in [3.8, 4) is 5.75 Å². The molecule has 0 heterocycles. The molecule has 6 heteroatoms. The van der Waals surface area contributed by atoms with Gasteiger partial charge in [0.2, 0.25) is 11.8 Å². The Labute approximate surface area is 200 Å². The van der Waals surface area contributed by atoms with Gasteiger partial charge in [-0.15, -0.1) is 0 Å². The van der Waals surface area contributed by atoms with Gasteiger partial charge in [0.1, 0.15) is 17.6 Å². The van der Waals surface area contributed by atoms with E-state index in [0.717, 1.165) is 16.9 Å². The zero-order valence-electron chi connectivity index (χ0n) is 19.5. The molecule has 0 bridgehead atoms. The van der Waals surface area contributed by atoms with Gasteiger partial charge in [0.25, 0.3) is 0 Å². The third-order valence-electron chi connectivity index (χ3n) is 5.44. The lowest BCUT2D eigenvalue weighted by Gasteiger charge is -2.31. The summed E-state index contributed by atoms with van der Waals surface area (Å²) in [5.74, 6) is 0.0576. The van der Waals surface area contributed by atoms with Gasteiger partial charge in [-0.2, -0.15) is 0 Å². The maximum Gasteiger partial charge on any atom is 0.243 e. The van der Waals surface area contributed by atoms with E-state index in [1.54, 1.807) is 17.0 Å². The summed E-state index contributed by atoms with van der Waals surface area (Å²) < 4.78 is 19.2. The maximum absolute atomic E-state index is 13.4. The van der Waals surface area contributed by atoms with Crippen molar-refractivity contribution in [2.75, 3.05) is 13.2 Å². The van der Waals surface area contributed by atoms with E-state index in [9.17, 15) is 14.0 Å². The SMILES string of the molecule is CCNC(=O)[C@H](Cc1ccccc1)N(Cc1ccc(F)cc1)C(=O)CCCOc1ccccc1. The Balaban J connectivity index is 1.76. The number of rotatable bonds is 12. The van der Waals surface area contributed by atoms with Gasteiger partial charge in [-0.3, -0.25) is 9.59 Å². The molecule has 5 nitrogen and oxygen atoms in total. The van der Waals surface area contributed by atoms with E-state index in [-0.39, 0.29) is 30.6 Å². The van der Waals surface area contributed by atoms with Crippen LogP contribution in [0.4, 0.5) is 4.39 Å². The molecule has 0 unspecified atom stereocenters. The molecule has 0 saturated heterocycles. The molecule has 0 aliphatic rings. The van der Waals surface area contributed by atoms with E-state index < -0.39 is 6.04 Å². The number of ether oxygens (including phenoxy) is 1. The fraction of sp³-hybridized carbons (Fsp3) is 0.286. The standard InChI is InChI=1S/C28H31FN2O3/c1-2-30-28(33)26(20-22-10-5-3-6-11-22)31(21-23-15-17-24(29)18-16-23)27(32)14-9-19-34-25-12-7-4-8-13-25/h3-8,10-13,15-18,26H,2,9,14,19-21H2,1H3,(H,30,33)/t26-/m0/s1. The maximum atomic E-state index is 13.4. The minimum absolute atomic E-state index is 0.145. The molecular weight excluding hydrogens is 431 g/mol. The molecule has 0 radical (unpaired) electrons. The number of hydrogen-bond acceptors (Lipinski definition) is 3. The lowest BCUT2D eigenvalue weighted by atomic mass is 10.0. The number of hydrogen-bond donors (Lipinski definition) is 1. The number of likely N-dealkylation sites (N-methyl/N-ethyl adjacent to an activating group) is 1. The Kier molecular flexibility index (Phi) is 9.65. The van der Waals surface area contributed by atoms with Crippen molar-refractivity contribution in [2.24, 2.45) is 0 Å². The second-order valence-corrected chi connectivity index (χ2v) is 8.01. The zero-order valence-corrected chi connectivity index (χ0v) is 19.5. The van der Waals surface area contributed by atoms with Gasteiger partial charge in [-0.1, -0.05) is 60.7 Å². The van der Waals surface area contributed by atoms with Crippen LogP contribution < -0.4 is 10.1 Å². The molecule has 0 saturated carbocycles. The second kappa shape index (κ2) is 13.1. The summed E-state index contributed by atoms with van der Waals surface area (Å²) in [4.78, 5) is 28.1. The number of halogens is 1. The predicted octanol–water partition coefficient (Wildman–Crippen LogP) is 4.76. The van der Waals surface area contributed by atoms with Crippen molar-refractivity contribution in [1.29, 1.82) is 0 Å². The van der Waals surface area contributed by atoms with E-state index in [0.29, 0.717) is 26.0 Å². The molecule has 3 rings (SSSR count). The van der Waals surface area contributed by atoms with Gasteiger partial charge in [-0.05, 0) is 48.7 Å². The first kappa shape index (κ1) is 25.0. The summed E-state index contributed by atoms with van der Waals surface area (Å²) in [6, 6.07) is 24.4. The average Bonchev–Trinajstić information content (AvgIpc) is 2.86. The van der Waals surface area contributed by atoms with E-state index in [1.165, 1.54) is 12.1 Å². The van der Waals surface area contributed by atoms with Crippen LogP contribution in [0.1, 0.15) is 30.9 Å². The molecule has 0 fully saturated rings. The number of amides is 2. The summed E-state index contributed by atoms with van der Waals surface area (Å²) in [5, 5.41) is 2.87. The predicted molar refractivity (Wildman–Crippen MR) is 131 cm³/mol. The Hall–Kier alpha value is -3.67. The van der Waals surface area contributed by atoms with E-state index in [2.05, 4.69) is 5.32 Å². The number of carbonyl (C=O) groups is 2. The smallest absolute Gasteiger partial charge is 0.243 e. The fourth-order valence-electron chi connectivity index (χ4n) is 3.71. The molecule has 1 atom stereocenters. The van der Waals surface area contributed by atoms with Gasteiger partial charge < -0.3 is 15.0 Å². The van der Waals surface area contributed by atoms with Crippen molar-refractivity contribution in [1.82, 2.24) is 10.2 Å². The zero-order chi connectivity index (χ0) is 24.2. The summed E-state index contributed by atoms with van der Waals surface area (Å²) in [6.07, 6.45) is 1.14. The second-order valence-electron chi connectivity index (χ2n) is 8.01. The van der Waals surface area contributed by atoms with Gasteiger partial charge in [0.15, 0.2) is 0 Å². The molecule has 1 N–H and O–H groups in total. The van der Waals surface area contributed by atoms with E-state index in [1.807, 2.05) is 67.6 Å². The van der Waals surface area contributed by atoms with Gasteiger partial charge in [-0.25, -0.2) is 4.39 Å². The highest BCUT2D eigenvalue weighted by atomic mass is 19.1. The van der Waals surface area contributed by atoms with Crippen molar-refractivity contribution < 1.29 is 18.7 Å². The molecule has 0 spiro atoms. The molecule has 178 valence electrons. The minimum atomic E-state index is -0.685. The summed E-state index contributed by atoms with van der Waals surface area (Å²) in [6.45, 7) is 2.93. The van der Waals surface area contributed by atoms with Crippen molar-refractivity contribution in [3.63, 3.8) is 0 Å². The fourth-order valence-corrected chi connectivity index (χ4v) is 3.71. The highest BCUT2D eigenvalue weighted by Crippen LogP contribution is 2.17. The Morgan fingerprint density at radius 1 is 0.912 bits per heavy atom. The summed E-state index contributed by atoms with van der Waals surface area (Å²) >= 11 is 0. The number of carbonyl (C=O) groups excluding carboxylic acids is 2. The first-order valence-corrected chi connectivity index (χ1v) is 11.6. The topological polar surface area (TPSA) is 58.6 Å². The van der Waals surface area contributed by atoms with Gasteiger partial charge in [0.05, 0.1) is 6.61 Å². The molecule has 3 aromatic rings. The first-order valence-electron chi connectivity index (χ1n) is 11.6. The van der Waals surface area contributed by atoms with Crippen LogP contribution in [0.15, 0.2) is 84.9 Å². The van der Waals surface area contributed by atoms with Crippen LogP contribution in [-0.4, -0.2) is 35.9 Å². The third kappa shape index (κ3) is 7.73. The Morgan fingerprint density at radius 2 is 1.56 bits per heavy atom. The molecule has 2 amide bonds. The van der Waals surface area contributed by atoms with Crippen molar-refractivity contribution in [3.05, 3.63) is 102 Å². The average molecular weight is 463 g/mol. The van der Waals surface area contributed by atoms with Crippen LogP contribution in [0.2, 0.25) is 0 Å². The van der Waals surface area contributed by atoms with Crippen LogP contribution in [0.25, 0.3) is 0 Å². The van der Waals surface area contributed by atoms with Gasteiger partial charge >= 0.3 is 0 Å². The summed E-state index contributed by atoms with van der Waals surface area (Å²) in [5.41, 5.74) is 1.72. The Morgan fingerprint density at radius 3 is 2.21 bits per heavy atom. The first-order chi connectivity index (χ1) is 16.6. The summed E-state index contributed by atoms with van der Waals surface area (Å²) in [7, 11) is 0. The van der Waals surface area contributed by atoms with E-state index in [4.69, 9.17) is 4.74 Å². The number of benzene rings is 3. The number of nitrogens with one attached hydrogen (secondary N) is 1. The number of nitrogens with zero attached hydrogens (tertiary/aromatic N) is 1. The highest BCUT2D eigenvalue weighted by Gasteiger charge is 2.29. The molecule has 0 aliphatic carbocycles. The minimum Gasteiger partial charge on any atom is -0.494 e. The van der Waals surface area contributed by atoms with Crippen LogP contribution in [0.3, 0.4) is 0 Å². The van der Waals surface area contributed by atoms with Crippen LogP contribution >= 0.6 is 0 Å². The van der Waals surface area contributed by atoms with Crippen LogP contribution in [-0.2, 0) is 22.6 Å². The highest BCUT2D eigenvalue weighted by molar-refractivity contribution is 5.88. The van der Waals surface area contributed by atoms with E-state index >= 15 is 0 Å². The molecule has 34 heavy (non-hydrogen) atoms. The van der Waals surface area contributed by atoms with Crippen molar-refractivity contribution >= 4 is 11.8 Å². The largest absolute Gasteiger partial charge is 0.494 e. The normalized spacial score (nSPS) is 11.5. The third-order valence-corrected chi connectivity index (χ3v) is 5.44. The number of para-hydroxylation sites is 1. The molecule has 0 aromatic heterocycles. The quantitative estimate of drug-likeness (QED) is 0.395. The van der Waals surface area contributed by atoms with Crippen LogP contribution in [0.5, 0.6) is 5.75 Å². The Bertz CT molecular complexity index is 1030.